The Morgan fingerprint density at radius 3 is 2.56 bits per heavy atom. The minimum atomic E-state index is -0.337. The molecule has 0 amide bonds. The van der Waals surface area contributed by atoms with Crippen LogP contribution in [0.1, 0.15) is 10.4 Å². The molecule has 4 nitrogen and oxygen atoms in total. The van der Waals surface area contributed by atoms with Gasteiger partial charge in [0.25, 0.3) is 0 Å². The van der Waals surface area contributed by atoms with Gasteiger partial charge in [0, 0.05) is 18.1 Å². The number of ether oxygens (including phenoxy) is 1. The van der Waals surface area contributed by atoms with Gasteiger partial charge in [-0.3, -0.25) is 4.57 Å². The molecule has 0 aliphatic carbocycles. The molecule has 82 valence electrons. The van der Waals surface area contributed by atoms with Crippen molar-refractivity contribution in [2.75, 3.05) is 7.11 Å². The minimum absolute atomic E-state index is 0.337. The van der Waals surface area contributed by atoms with Crippen LogP contribution in [0.3, 0.4) is 0 Å². The van der Waals surface area contributed by atoms with E-state index in [9.17, 15) is 4.79 Å². The number of rotatable bonds is 2. The standard InChI is InChI=1S/C11H9BrN2O2/c1-16-10(15)8-2-4-9(5-3-8)14-7-6-13-11(14)12/h2-7H,1H3. The Kier molecular flexibility index (Phi) is 3.05. The first-order valence-corrected chi connectivity index (χ1v) is 5.39. The highest BCUT2D eigenvalue weighted by atomic mass is 79.9. The van der Waals surface area contributed by atoms with Crippen LogP contribution in [0.4, 0.5) is 0 Å². The fraction of sp³-hybridized carbons (Fsp3) is 0.0909. The maximum atomic E-state index is 11.2. The van der Waals surface area contributed by atoms with E-state index in [-0.39, 0.29) is 5.97 Å². The van der Waals surface area contributed by atoms with E-state index in [0.29, 0.717) is 5.56 Å². The SMILES string of the molecule is COC(=O)c1ccc(-n2ccnc2Br)cc1. The molecule has 1 aromatic heterocycles. The maximum Gasteiger partial charge on any atom is 0.337 e. The summed E-state index contributed by atoms with van der Waals surface area (Å²) in [6.07, 6.45) is 3.52. The Morgan fingerprint density at radius 1 is 1.38 bits per heavy atom. The van der Waals surface area contributed by atoms with Crippen LogP contribution >= 0.6 is 15.9 Å². The topological polar surface area (TPSA) is 44.1 Å². The summed E-state index contributed by atoms with van der Waals surface area (Å²) >= 11 is 3.32. The molecule has 0 unspecified atom stereocenters. The molecular formula is C11H9BrN2O2. The third-order valence-corrected chi connectivity index (χ3v) is 2.75. The predicted octanol–water partition coefficient (Wildman–Crippen LogP) is 2.42. The first-order chi connectivity index (χ1) is 7.72. The van der Waals surface area contributed by atoms with Crippen molar-refractivity contribution in [2.45, 2.75) is 0 Å². The van der Waals surface area contributed by atoms with Crippen molar-refractivity contribution < 1.29 is 9.53 Å². The van der Waals surface area contributed by atoms with E-state index >= 15 is 0 Å². The summed E-state index contributed by atoms with van der Waals surface area (Å²) < 4.78 is 7.21. The van der Waals surface area contributed by atoms with Crippen LogP contribution in [0.2, 0.25) is 0 Å². The van der Waals surface area contributed by atoms with E-state index in [1.807, 2.05) is 22.9 Å². The van der Waals surface area contributed by atoms with Gasteiger partial charge >= 0.3 is 5.97 Å². The molecule has 0 saturated carbocycles. The molecule has 1 heterocycles. The monoisotopic (exact) mass is 280 g/mol. The summed E-state index contributed by atoms with van der Waals surface area (Å²) in [7, 11) is 1.36. The molecule has 0 N–H and O–H groups in total. The second-order valence-electron chi connectivity index (χ2n) is 3.10. The average Bonchev–Trinajstić information content (AvgIpc) is 2.75. The van der Waals surface area contributed by atoms with Crippen LogP contribution in [0.5, 0.6) is 0 Å². The van der Waals surface area contributed by atoms with E-state index in [1.54, 1.807) is 18.3 Å². The van der Waals surface area contributed by atoms with Crippen molar-refractivity contribution >= 4 is 21.9 Å². The van der Waals surface area contributed by atoms with Gasteiger partial charge in [-0.15, -0.1) is 0 Å². The van der Waals surface area contributed by atoms with Gasteiger partial charge < -0.3 is 4.74 Å². The summed E-state index contributed by atoms with van der Waals surface area (Å²) in [5, 5.41) is 0. The third kappa shape index (κ3) is 1.99. The normalized spacial score (nSPS) is 10.1. The Balaban J connectivity index is 2.33. The summed E-state index contributed by atoms with van der Waals surface area (Å²) in [5.41, 5.74) is 1.46. The zero-order valence-corrected chi connectivity index (χ0v) is 10.1. The van der Waals surface area contributed by atoms with Gasteiger partial charge in [0.1, 0.15) is 0 Å². The molecule has 5 heteroatoms. The largest absolute Gasteiger partial charge is 0.465 e. The first kappa shape index (κ1) is 10.9. The summed E-state index contributed by atoms with van der Waals surface area (Å²) in [6, 6.07) is 7.10. The minimum Gasteiger partial charge on any atom is -0.465 e. The molecular weight excluding hydrogens is 272 g/mol. The smallest absolute Gasteiger partial charge is 0.337 e. The van der Waals surface area contributed by atoms with E-state index in [2.05, 4.69) is 25.7 Å². The molecule has 0 spiro atoms. The van der Waals surface area contributed by atoms with Crippen LogP contribution in [0, 0.1) is 0 Å². The second-order valence-corrected chi connectivity index (χ2v) is 3.81. The zero-order valence-electron chi connectivity index (χ0n) is 8.55. The number of hydrogen-bond acceptors (Lipinski definition) is 3. The lowest BCUT2D eigenvalue weighted by molar-refractivity contribution is 0.0601. The zero-order chi connectivity index (χ0) is 11.5. The number of imidazole rings is 1. The van der Waals surface area contributed by atoms with Gasteiger partial charge in [0.2, 0.25) is 0 Å². The van der Waals surface area contributed by atoms with E-state index < -0.39 is 0 Å². The van der Waals surface area contributed by atoms with Gasteiger partial charge in [0.05, 0.1) is 12.7 Å². The Morgan fingerprint density at radius 2 is 2.06 bits per heavy atom. The molecule has 0 radical (unpaired) electrons. The number of methoxy groups -OCH3 is 1. The number of carbonyl (C=O) groups excluding carboxylic acids is 1. The van der Waals surface area contributed by atoms with Crippen LogP contribution in [-0.4, -0.2) is 22.6 Å². The summed E-state index contributed by atoms with van der Waals surface area (Å²) in [6.45, 7) is 0. The quantitative estimate of drug-likeness (QED) is 0.794. The predicted molar refractivity (Wildman–Crippen MR) is 62.6 cm³/mol. The molecule has 0 aliphatic rings. The van der Waals surface area contributed by atoms with Crippen molar-refractivity contribution in [3.8, 4) is 5.69 Å². The molecule has 0 atom stereocenters. The van der Waals surface area contributed by atoms with Crippen molar-refractivity contribution in [3.63, 3.8) is 0 Å². The second kappa shape index (κ2) is 4.49. The molecule has 0 fully saturated rings. The van der Waals surface area contributed by atoms with Crippen molar-refractivity contribution in [1.82, 2.24) is 9.55 Å². The molecule has 2 aromatic rings. The number of aromatic nitrogens is 2. The van der Waals surface area contributed by atoms with E-state index in [0.717, 1.165) is 10.4 Å². The molecule has 2 rings (SSSR count). The highest BCUT2D eigenvalue weighted by Crippen LogP contribution is 2.15. The highest BCUT2D eigenvalue weighted by Gasteiger charge is 2.06. The number of nitrogens with zero attached hydrogens (tertiary/aromatic N) is 2. The first-order valence-electron chi connectivity index (χ1n) is 4.60. The number of benzene rings is 1. The van der Waals surface area contributed by atoms with Gasteiger partial charge in [-0.1, -0.05) is 0 Å². The number of halogens is 1. The van der Waals surface area contributed by atoms with Crippen molar-refractivity contribution in [2.24, 2.45) is 0 Å². The van der Waals surface area contributed by atoms with Gasteiger partial charge in [0.15, 0.2) is 4.73 Å². The summed E-state index contributed by atoms with van der Waals surface area (Å²) in [5.74, 6) is -0.337. The highest BCUT2D eigenvalue weighted by molar-refractivity contribution is 9.10. The van der Waals surface area contributed by atoms with Crippen LogP contribution in [-0.2, 0) is 4.74 Å². The lowest BCUT2D eigenvalue weighted by atomic mass is 10.2. The third-order valence-electron chi connectivity index (χ3n) is 2.16. The van der Waals surface area contributed by atoms with E-state index in [1.165, 1.54) is 7.11 Å². The molecule has 0 saturated heterocycles. The van der Waals surface area contributed by atoms with Gasteiger partial charge in [-0.05, 0) is 40.2 Å². The molecule has 0 aliphatic heterocycles. The lowest BCUT2D eigenvalue weighted by Crippen LogP contribution is -2.01. The number of esters is 1. The number of carbonyl (C=O) groups is 1. The Labute approximate surface area is 101 Å². The van der Waals surface area contributed by atoms with Crippen molar-refractivity contribution in [3.05, 3.63) is 47.0 Å². The van der Waals surface area contributed by atoms with Crippen LogP contribution in [0.25, 0.3) is 5.69 Å². The van der Waals surface area contributed by atoms with E-state index in [4.69, 9.17) is 0 Å². The summed E-state index contributed by atoms with van der Waals surface area (Å²) in [4.78, 5) is 15.3. The molecule has 1 aromatic carbocycles. The fourth-order valence-corrected chi connectivity index (χ4v) is 1.79. The Bertz CT molecular complexity index is 505. The maximum absolute atomic E-state index is 11.2. The fourth-order valence-electron chi connectivity index (χ4n) is 1.35. The molecule has 0 bridgehead atoms. The van der Waals surface area contributed by atoms with Gasteiger partial charge in [-0.25, -0.2) is 9.78 Å². The Hall–Kier alpha value is -1.62. The number of hydrogen-bond donors (Lipinski definition) is 0. The van der Waals surface area contributed by atoms with Crippen LogP contribution < -0.4 is 0 Å². The lowest BCUT2D eigenvalue weighted by Gasteiger charge is -2.04. The van der Waals surface area contributed by atoms with Crippen molar-refractivity contribution in [1.29, 1.82) is 0 Å². The van der Waals surface area contributed by atoms with Crippen LogP contribution in [0.15, 0.2) is 41.4 Å². The average molecular weight is 281 g/mol. The molecule has 16 heavy (non-hydrogen) atoms. The van der Waals surface area contributed by atoms with Gasteiger partial charge in [-0.2, -0.15) is 0 Å².